The normalized spacial score (nSPS) is 12.9. The van der Waals surface area contributed by atoms with E-state index in [4.69, 9.17) is 14.2 Å². The Morgan fingerprint density at radius 3 is 0.759 bits per heavy atom. The van der Waals surface area contributed by atoms with Gasteiger partial charge in [0.2, 0.25) is 0 Å². The Kier molecular flexibility index (Phi) is 66.7. The van der Waals surface area contributed by atoms with E-state index in [1.807, 2.05) is 0 Å². The van der Waals surface area contributed by atoms with Gasteiger partial charge in [-0.2, -0.15) is 0 Å². The summed E-state index contributed by atoms with van der Waals surface area (Å²) in [6, 6.07) is 0. The molecule has 0 aromatic rings. The van der Waals surface area contributed by atoms with Crippen LogP contribution in [0.25, 0.3) is 0 Å². The second-order valence-electron chi connectivity index (χ2n) is 23.1. The Balaban J connectivity index is 4.44. The standard InChI is InChI=1S/C77H130O6/c1-4-7-10-13-16-19-22-25-28-31-34-36-38-40-43-46-49-52-55-58-61-64-67-70-76(79)82-73-74(72-81-75(78)69-66-63-60-57-54-51-48-45-42-33-30-27-24-21-18-15-12-9-6-3)83-77(80)71-68-65-62-59-56-53-50-47-44-41-39-37-35-32-29-26-23-20-17-14-11-8-5-2/h7,10,16,18-19,21,23,25-28,30,32,34-36,39-41,43,74H,4-6,8-9,11-15,17,20,22,24,29,31,33,37-38,42,44-73H2,1-3H3/b10-7-,19-16-,21-18-,26-23-,28-25-,30-27-,35-32-,36-34-,41-39-,43-40-. The summed E-state index contributed by atoms with van der Waals surface area (Å²) in [4.78, 5) is 38.5. The first-order valence-corrected chi connectivity index (χ1v) is 35.0. The third-order valence-electron chi connectivity index (χ3n) is 14.9. The van der Waals surface area contributed by atoms with Crippen LogP contribution in [0.1, 0.15) is 329 Å². The molecule has 0 aromatic carbocycles. The van der Waals surface area contributed by atoms with E-state index < -0.39 is 6.10 Å². The van der Waals surface area contributed by atoms with Gasteiger partial charge < -0.3 is 14.2 Å². The van der Waals surface area contributed by atoms with Gasteiger partial charge in [0.15, 0.2) is 6.10 Å². The Bertz CT molecular complexity index is 1700. The predicted molar refractivity (Wildman–Crippen MR) is 362 cm³/mol. The van der Waals surface area contributed by atoms with E-state index in [2.05, 4.69) is 142 Å². The molecule has 6 nitrogen and oxygen atoms in total. The smallest absolute Gasteiger partial charge is 0.306 e. The third-order valence-corrected chi connectivity index (χ3v) is 14.9. The van der Waals surface area contributed by atoms with Crippen LogP contribution < -0.4 is 0 Å². The van der Waals surface area contributed by atoms with Crippen LogP contribution in [0.15, 0.2) is 122 Å². The van der Waals surface area contributed by atoms with Gasteiger partial charge in [0.05, 0.1) is 0 Å². The third kappa shape index (κ3) is 68.5. The monoisotopic (exact) mass is 1150 g/mol. The van der Waals surface area contributed by atoms with Crippen LogP contribution in [0.5, 0.6) is 0 Å². The summed E-state index contributed by atoms with van der Waals surface area (Å²) in [6.45, 7) is 6.50. The minimum Gasteiger partial charge on any atom is -0.462 e. The van der Waals surface area contributed by atoms with E-state index in [1.54, 1.807) is 0 Å². The molecular formula is C77H130O6. The maximum atomic E-state index is 13.0. The van der Waals surface area contributed by atoms with E-state index in [1.165, 1.54) is 167 Å². The van der Waals surface area contributed by atoms with Crippen molar-refractivity contribution in [3.05, 3.63) is 122 Å². The molecule has 1 unspecified atom stereocenters. The fourth-order valence-corrected chi connectivity index (χ4v) is 9.68. The number of allylic oxidation sites excluding steroid dienone is 20. The molecule has 0 aliphatic heterocycles. The average Bonchev–Trinajstić information content (AvgIpc) is 3.49. The summed E-state index contributed by atoms with van der Waals surface area (Å²) in [5, 5.41) is 0. The molecular weight excluding hydrogens is 1020 g/mol. The lowest BCUT2D eigenvalue weighted by atomic mass is 10.1. The predicted octanol–water partition coefficient (Wildman–Crippen LogP) is 24.3. The number of hydrogen-bond donors (Lipinski definition) is 0. The van der Waals surface area contributed by atoms with Gasteiger partial charge in [-0.05, 0) is 135 Å². The molecule has 0 aromatic heterocycles. The highest BCUT2D eigenvalue weighted by Gasteiger charge is 2.19. The molecule has 0 aliphatic carbocycles. The van der Waals surface area contributed by atoms with Crippen molar-refractivity contribution >= 4 is 17.9 Å². The van der Waals surface area contributed by atoms with Gasteiger partial charge in [-0.15, -0.1) is 0 Å². The van der Waals surface area contributed by atoms with Crippen molar-refractivity contribution in [1.29, 1.82) is 0 Å². The average molecular weight is 1150 g/mol. The van der Waals surface area contributed by atoms with Gasteiger partial charge in [-0.1, -0.05) is 296 Å². The van der Waals surface area contributed by atoms with Gasteiger partial charge in [-0.25, -0.2) is 0 Å². The van der Waals surface area contributed by atoms with Crippen molar-refractivity contribution in [1.82, 2.24) is 0 Å². The molecule has 0 heterocycles. The van der Waals surface area contributed by atoms with Crippen LogP contribution in [0.3, 0.4) is 0 Å². The lowest BCUT2D eigenvalue weighted by Gasteiger charge is -2.18. The molecule has 0 aliphatic rings. The molecule has 0 saturated heterocycles. The number of unbranched alkanes of at least 4 members (excludes halogenated alkanes) is 32. The van der Waals surface area contributed by atoms with Crippen LogP contribution in [0.4, 0.5) is 0 Å². The zero-order valence-corrected chi connectivity index (χ0v) is 54.4. The molecule has 0 spiro atoms. The number of hydrogen-bond acceptors (Lipinski definition) is 6. The Labute approximate surface area is 513 Å². The molecule has 0 fully saturated rings. The second-order valence-corrected chi connectivity index (χ2v) is 23.1. The van der Waals surface area contributed by atoms with Crippen molar-refractivity contribution in [2.75, 3.05) is 13.2 Å². The summed E-state index contributed by atoms with van der Waals surface area (Å²) in [7, 11) is 0. The summed E-state index contributed by atoms with van der Waals surface area (Å²) in [5.74, 6) is -0.900. The Morgan fingerprint density at radius 1 is 0.253 bits per heavy atom. The molecule has 1 atom stereocenters. The first kappa shape index (κ1) is 78.8. The fourth-order valence-electron chi connectivity index (χ4n) is 9.68. The van der Waals surface area contributed by atoms with Gasteiger partial charge in [0.25, 0.3) is 0 Å². The van der Waals surface area contributed by atoms with E-state index in [9.17, 15) is 14.4 Å². The molecule has 0 bridgehead atoms. The topological polar surface area (TPSA) is 78.9 Å². The summed E-state index contributed by atoms with van der Waals surface area (Å²) < 4.78 is 17.0. The zero-order chi connectivity index (χ0) is 59.9. The van der Waals surface area contributed by atoms with Gasteiger partial charge in [0.1, 0.15) is 13.2 Å². The van der Waals surface area contributed by atoms with E-state index in [0.717, 1.165) is 122 Å². The molecule has 0 radical (unpaired) electrons. The summed E-state index contributed by atoms with van der Waals surface area (Å²) in [5.41, 5.74) is 0. The minimum absolute atomic E-state index is 0.0883. The largest absolute Gasteiger partial charge is 0.462 e. The van der Waals surface area contributed by atoms with Crippen molar-refractivity contribution in [2.45, 2.75) is 335 Å². The van der Waals surface area contributed by atoms with E-state index in [0.29, 0.717) is 19.3 Å². The van der Waals surface area contributed by atoms with Gasteiger partial charge in [-0.3, -0.25) is 14.4 Å². The fraction of sp³-hybridized carbons (Fsp3) is 0.701. The first-order chi connectivity index (χ1) is 41.0. The van der Waals surface area contributed by atoms with Crippen molar-refractivity contribution < 1.29 is 28.6 Å². The maximum Gasteiger partial charge on any atom is 0.306 e. The van der Waals surface area contributed by atoms with E-state index >= 15 is 0 Å². The van der Waals surface area contributed by atoms with Crippen molar-refractivity contribution in [3.8, 4) is 0 Å². The summed E-state index contributed by atoms with van der Waals surface area (Å²) >= 11 is 0. The SMILES string of the molecule is CC/C=C\C/C=C\C/C=C\C/C=C\C/C=C\CCCCCCCCCC(=O)OCC(COC(=O)CCCCCCCCCCC/C=C\C/C=C\CCCCC)OC(=O)CCCCCCCCCC/C=C\C/C=C\C/C=C\CCCCCCC. The number of esters is 3. The zero-order valence-electron chi connectivity index (χ0n) is 54.4. The van der Waals surface area contributed by atoms with Crippen molar-refractivity contribution in [2.24, 2.45) is 0 Å². The molecule has 0 saturated carbocycles. The van der Waals surface area contributed by atoms with Gasteiger partial charge >= 0.3 is 17.9 Å². The molecule has 0 rings (SSSR count). The van der Waals surface area contributed by atoms with Crippen LogP contribution >= 0.6 is 0 Å². The maximum absolute atomic E-state index is 13.0. The summed E-state index contributed by atoms with van der Waals surface area (Å²) in [6.07, 6.45) is 97.7. The second kappa shape index (κ2) is 70.3. The van der Waals surface area contributed by atoms with Crippen LogP contribution in [-0.2, 0) is 28.6 Å². The molecule has 0 amide bonds. The van der Waals surface area contributed by atoms with E-state index in [-0.39, 0.29) is 31.1 Å². The highest BCUT2D eigenvalue weighted by Crippen LogP contribution is 2.16. The van der Waals surface area contributed by atoms with Crippen molar-refractivity contribution in [3.63, 3.8) is 0 Å². The highest BCUT2D eigenvalue weighted by molar-refractivity contribution is 5.71. The number of ether oxygens (including phenoxy) is 3. The first-order valence-electron chi connectivity index (χ1n) is 35.0. The number of rotatable bonds is 63. The van der Waals surface area contributed by atoms with Crippen LogP contribution in [0.2, 0.25) is 0 Å². The molecule has 6 heteroatoms. The molecule has 83 heavy (non-hydrogen) atoms. The number of carbonyl (C=O) groups excluding carboxylic acids is 3. The van der Waals surface area contributed by atoms with Crippen LogP contribution in [0, 0.1) is 0 Å². The quantitative estimate of drug-likeness (QED) is 0.0261. The Hall–Kier alpha value is -4.19. The van der Waals surface area contributed by atoms with Gasteiger partial charge in [0, 0.05) is 19.3 Å². The lowest BCUT2D eigenvalue weighted by Crippen LogP contribution is -2.30. The molecule has 0 N–H and O–H groups in total. The minimum atomic E-state index is -0.795. The highest BCUT2D eigenvalue weighted by atomic mass is 16.6. The molecule has 474 valence electrons. The number of carbonyl (C=O) groups is 3. The Morgan fingerprint density at radius 2 is 0.470 bits per heavy atom. The lowest BCUT2D eigenvalue weighted by molar-refractivity contribution is -0.167. The van der Waals surface area contributed by atoms with Crippen LogP contribution in [-0.4, -0.2) is 37.2 Å².